The molecular weight excluding hydrogens is 304 g/mol. The molecule has 0 saturated carbocycles. The molecule has 0 bridgehead atoms. The van der Waals surface area contributed by atoms with E-state index < -0.39 is 0 Å². The second kappa shape index (κ2) is 6.16. The van der Waals surface area contributed by atoms with Crippen LogP contribution in [-0.4, -0.2) is 28.9 Å². The molecule has 0 radical (unpaired) electrons. The minimum atomic E-state index is 0.279. The number of aromatic nitrogens is 1. The van der Waals surface area contributed by atoms with E-state index in [1.807, 2.05) is 29.2 Å². The highest BCUT2D eigenvalue weighted by Gasteiger charge is 2.20. The van der Waals surface area contributed by atoms with E-state index in [1.165, 1.54) is 4.88 Å². The van der Waals surface area contributed by atoms with Crippen LogP contribution in [0, 0.1) is 6.92 Å². The van der Waals surface area contributed by atoms with Crippen LogP contribution in [0.3, 0.4) is 0 Å². The summed E-state index contributed by atoms with van der Waals surface area (Å²) < 4.78 is 0. The largest absolute Gasteiger partial charge is 0.342 e. The van der Waals surface area contributed by atoms with Crippen LogP contribution in [-0.2, 0) is 11.2 Å². The quantitative estimate of drug-likeness (QED) is 0.855. The Morgan fingerprint density at radius 3 is 2.76 bits per heavy atom. The zero-order valence-corrected chi connectivity index (χ0v) is 13.5. The number of benzene rings is 1. The lowest BCUT2D eigenvalue weighted by Gasteiger charge is -2.13. The van der Waals surface area contributed by atoms with Crippen LogP contribution >= 0.6 is 22.9 Å². The molecule has 21 heavy (non-hydrogen) atoms. The molecule has 5 heteroatoms. The Bertz CT molecular complexity index is 651. The fourth-order valence-electron chi connectivity index (χ4n) is 2.60. The zero-order chi connectivity index (χ0) is 14.8. The van der Waals surface area contributed by atoms with Crippen LogP contribution in [0.4, 0.5) is 0 Å². The van der Waals surface area contributed by atoms with Crippen molar-refractivity contribution < 1.29 is 4.79 Å². The van der Waals surface area contributed by atoms with Gasteiger partial charge in [0.1, 0.15) is 0 Å². The Kier molecular flexibility index (Phi) is 4.27. The van der Waals surface area contributed by atoms with E-state index >= 15 is 0 Å². The summed E-state index contributed by atoms with van der Waals surface area (Å²) in [5.74, 6) is 0.279. The highest BCUT2D eigenvalue weighted by Crippen LogP contribution is 2.28. The third kappa shape index (κ3) is 3.27. The number of nitrogens with zero attached hydrogens (tertiary/aromatic N) is 2. The summed E-state index contributed by atoms with van der Waals surface area (Å²) >= 11 is 7.64. The molecule has 0 N–H and O–H groups in total. The first-order chi connectivity index (χ1) is 10.1. The third-order valence-electron chi connectivity index (χ3n) is 3.73. The Labute approximate surface area is 133 Å². The second-order valence-electron chi connectivity index (χ2n) is 5.25. The van der Waals surface area contributed by atoms with Gasteiger partial charge in [-0.3, -0.25) is 4.79 Å². The van der Waals surface area contributed by atoms with Gasteiger partial charge in [0.05, 0.1) is 10.7 Å². The second-order valence-corrected chi connectivity index (χ2v) is 6.98. The molecule has 0 atom stereocenters. The topological polar surface area (TPSA) is 33.2 Å². The number of carbonyl (C=O) groups is 1. The van der Waals surface area contributed by atoms with Crippen molar-refractivity contribution in [1.82, 2.24) is 9.88 Å². The predicted octanol–water partition coefficient (Wildman–Crippen LogP) is 3.94. The third-order valence-corrected chi connectivity index (χ3v) is 5.01. The van der Waals surface area contributed by atoms with Gasteiger partial charge < -0.3 is 4.90 Å². The molecule has 0 unspecified atom stereocenters. The van der Waals surface area contributed by atoms with E-state index in [0.29, 0.717) is 6.42 Å². The normalized spacial score (nSPS) is 15.0. The number of rotatable bonds is 4. The van der Waals surface area contributed by atoms with E-state index in [9.17, 15) is 4.79 Å². The summed E-state index contributed by atoms with van der Waals surface area (Å²) in [5.41, 5.74) is 2.12. The van der Waals surface area contributed by atoms with Gasteiger partial charge in [-0.2, -0.15) is 0 Å². The standard InChI is InChI=1S/C16H17ClN2OS/c1-11-16(12-4-6-13(17)7-5-12)18-14(21-11)8-10-19-9-2-3-15(19)20/h4-7H,2-3,8-10H2,1H3. The number of aryl methyl sites for hydroxylation is 1. The number of hydrogen-bond acceptors (Lipinski definition) is 3. The van der Waals surface area contributed by atoms with E-state index in [0.717, 1.165) is 47.2 Å². The van der Waals surface area contributed by atoms with Gasteiger partial charge in [-0.25, -0.2) is 4.98 Å². The van der Waals surface area contributed by atoms with Crippen LogP contribution < -0.4 is 0 Å². The molecule has 1 aliphatic heterocycles. The van der Waals surface area contributed by atoms with Crippen molar-refractivity contribution in [3.8, 4) is 11.3 Å². The molecule has 1 aliphatic rings. The monoisotopic (exact) mass is 320 g/mol. The maximum absolute atomic E-state index is 11.6. The van der Waals surface area contributed by atoms with Crippen molar-refractivity contribution in [3.05, 3.63) is 39.2 Å². The molecule has 3 nitrogen and oxygen atoms in total. The lowest BCUT2D eigenvalue weighted by Crippen LogP contribution is -2.26. The van der Waals surface area contributed by atoms with Gasteiger partial charge in [-0.05, 0) is 25.5 Å². The van der Waals surface area contributed by atoms with Gasteiger partial charge in [0, 0.05) is 41.4 Å². The van der Waals surface area contributed by atoms with Crippen LogP contribution in [0.15, 0.2) is 24.3 Å². The lowest BCUT2D eigenvalue weighted by molar-refractivity contribution is -0.127. The SMILES string of the molecule is Cc1sc(CCN2CCCC2=O)nc1-c1ccc(Cl)cc1. The first-order valence-electron chi connectivity index (χ1n) is 7.13. The summed E-state index contributed by atoms with van der Waals surface area (Å²) in [7, 11) is 0. The predicted molar refractivity (Wildman–Crippen MR) is 86.8 cm³/mol. The zero-order valence-electron chi connectivity index (χ0n) is 11.9. The Morgan fingerprint density at radius 1 is 1.33 bits per heavy atom. The Balaban J connectivity index is 1.72. The van der Waals surface area contributed by atoms with Crippen molar-refractivity contribution >= 4 is 28.8 Å². The van der Waals surface area contributed by atoms with Crippen LogP contribution in [0.5, 0.6) is 0 Å². The molecule has 0 spiro atoms. The highest BCUT2D eigenvalue weighted by molar-refractivity contribution is 7.12. The molecule has 1 fully saturated rings. The molecule has 1 amide bonds. The summed E-state index contributed by atoms with van der Waals surface area (Å²) in [4.78, 5) is 19.5. The first kappa shape index (κ1) is 14.5. The molecule has 3 rings (SSSR count). The summed E-state index contributed by atoms with van der Waals surface area (Å²) in [6.45, 7) is 3.77. The van der Waals surface area contributed by atoms with Crippen LogP contribution in [0.2, 0.25) is 5.02 Å². The number of hydrogen-bond donors (Lipinski definition) is 0. The summed E-state index contributed by atoms with van der Waals surface area (Å²) in [6.07, 6.45) is 2.53. The number of amides is 1. The average Bonchev–Trinajstić information content (AvgIpc) is 3.04. The van der Waals surface area contributed by atoms with Gasteiger partial charge in [0.15, 0.2) is 0 Å². The summed E-state index contributed by atoms with van der Waals surface area (Å²) in [6, 6.07) is 7.77. The number of halogens is 1. The number of carbonyl (C=O) groups excluding carboxylic acids is 1. The maximum Gasteiger partial charge on any atom is 0.222 e. The molecular formula is C16H17ClN2OS. The average molecular weight is 321 g/mol. The van der Waals surface area contributed by atoms with E-state index in [-0.39, 0.29) is 5.91 Å². The van der Waals surface area contributed by atoms with E-state index in [4.69, 9.17) is 16.6 Å². The Morgan fingerprint density at radius 2 is 2.10 bits per heavy atom. The molecule has 1 aromatic carbocycles. The van der Waals surface area contributed by atoms with E-state index in [2.05, 4.69) is 6.92 Å². The van der Waals surface area contributed by atoms with Crippen LogP contribution in [0.25, 0.3) is 11.3 Å². The molecule has 2 aromatic rings. The van der Waals surface area contributed by atoms with Crippen molar-refractivity contribution in [3.63, 3.8) is 0 Å². The molecule has 1 saturated heterocycles. The van der Waals surface area contributed by atoms with Gasteiger partial charge in [0.25, 0.3) is 0 Å². The maximum atomic E-state index is 11.6. The van der Waals surface area contributed by atoms with Crippen molar-refractivity contribution in [2.45, 2.75) is 26.2 Å². The molecule has 0 aliphatic carbocycles. The number of thiazole rings is 1. The van der Waals surface area contributed by atoms with Gasteiger partial charge in [-0.1, -0.05) is 23.7 Å². The fraction of sp³-hybridized carbons (Fsp3) is 0.375. The highest BCUT2D eigenvalue weighted by atomic mass is 35.5. The number of likely N-dealkylation sites (tertiary alicyclic amines) is 1. The molecule has 110 valence electrons. The fourth-order valence-corrected chi connectivity index (χ4v) is 3.67. The van der Waals surface area contributed by atoms with Crippen molar-refractivity contribution in [2.75, 3.05) is 13.1 Å². The van der Waals surface area contributed by atoms with Crippen molar-refractivity contribution in [2.24, 2.45) is 0 Å². The minimum absolute atomic E-state index is 0.279. The lowest BCUT2D eigenvalue weighted by atomic mass is 10.1. The van der Waals surface area contributed by atoms with Gasteiger partial charge >= 0.3 is 0 Å². The first-order valence-corrected chi connectivity index (χ1v) is 8.33. The molecule has 2 heterocycles. The van der Waals surface area contributed by atoms with Crippen LogP contribution in [0.1, 0.15) is 22.7 Å². The van der Waals surface area contributed by atoms with Gasteiger partial charge in [0.2, 0.25) is 5.91 Å². The molecule has 1 aromatic heterocycles. The Hall–Kier alpha value is -1.39. The summed E-state index contributed by atoms with van der Waals surface area (Å²) in [5, 5.41) is 1.83. The minimum Gasteiger partial charge on any atom is -0.342 e. The van der Waals surface area contributed by atoms with E-state index in [1.54, 1.807) is 11.3 Å². The van der Waals surface area contributed by atoms with Crippen molar-refractivity contribution in [1.29, 1.82) is 0 Å². The van der Waals surface area contributed by atoms with Gasteiger partial charge in [-0.15, -0.1) is 11.3 Å². The smallest absolute Gasteiger partial charge is 0.222 e.